The van der Waals surface area contributed by atoms with Crippen molar-refractivity contribution in [1.82, 2.24) is 5.32 Å². The highest BCUT2D eigenvalue weighted by molar-refractivity contribution is 5.59. The summed E-state index contributed by atoms with van der Waals surface area (Å²) >= 11 is 0. The fourth-order valence-corrected chi connectivity index (χ4v) is 2.24. The van der Waals surface area contributed by atoms with E-state index in [1.54, 1.807) is 14.2 Å². The summed E-state index contributed by atoms with van der Waals surface area (Å²) in [7, 11) is 3.40. The van der Waals surface area contributed by atoms with Gasteiger partial charge in [0.2, 0.25) is 0 Å². The van der Waals surface area contributed by atoms with Gasteiger partial charge < -0.3 is 24.8 Å². The second-order valence-corrected chi connectivity index (χ2v) is 4.83. The lowest BCUT2D eigenvalue weighted by Crippen LogP contribution is -2.26. The Morgan fingerprint density at radius 1 is 1.29 bits per heavy atom. The number of nitrogens with zero attached hydrogens (tertiary/aromatic N) is 1. The minimum Gasteiger partial charge on any atom is -0.495 e. The van der Waals surface area contributed by atoms with Gasteiger partial charge in [0.15, 0.2) is 0 Å². The molecular weight excluding hydrogens is 268 g/mol. The molecule has 0 bridgehead atoms. The Labute approximate surface area is 127 Å². The zero-order valence-corrected chi connectivity index (χ0v) is 13.4. The van der Waals surface area contributed by atoms with Crippen LogP contribution in [0.3, 0.4) is 0 Å². The van der Waals surface area contributed by atoms with Crippen LogP contribution in [-0.4, -0.2) is 52.2 Å². The van der Waals surface area contributed by atoms with Crippen LogP contribution in [0, 0.1) is 0 Å². The SMILES string of the molecule is CCN(CCO)c1ccc(CNCCCOC)cc1OC. The van der Waals surface area contributed by atoms with Gasteiger partial charge in [0.25, 0.3) is 0 Å². The predicted octanol–water partition coefficient (Wildman–Crippen LogP) is 1.64. The average Bonchev–Trinajstić information content (AvgIpc) is 2.52. The van der Waals surface area contributed by atoms with Crippen molar-refractivity contribution in [1.29, 1.82) is 0 Å². The van der Waals surface area contributed by atoms with Crippen LogP contribution in [0.5, 0.6) is 5.75 Å². The predicted molar refractivity (Wildman–Crippen MR) is 86.2 cm³/mol. The highest BCUT2D eigenvalue weighted by Crippen LogP contribution is 2.29. The van der Waals surface area contributed by atoms with Crippen molar-refractivity contribution in [2.75, 3.05) is 52.0 Å². The summed E-state index contributed by atoms with van der Waals surface area (Å²) in [6, 6.07) is 6.21. The summed E-state index contributed by atoms with van der Waals surface area (Å²) in [5.41, 5.74) is 2.21. The number of ether oxygens (including phenoxy) is 2. The fourth-order valence-electron chi connectivity index (χ4n) is 2.24. The highest BCUT2D eigenvalue weighted by Gasteiger charge is 2.10. The molecule has 0 radical (unpaired) electrons. The van der Waals surface area contributed by atoms with Gasteiger partial charge in [-0.3, -0.25) is 0 Å². The number of aliphatic hydroxyl groups is 1. The molecule has 0 aromatic heterocycles. The molecule has 0 aliphatic rings. The Morgan fingerprint density at radius 3 is 2.71 bits per heavy atom. The first-order chi connectivity index (χ1) is 10.3. The standard InChI is InChI=1S/C16H28N2O3/c1-4-18(9-10-19)15-7-6-14(12-16(15)21-3)13-17-8-5-11-20-2/h6-7,12,17,19H,4-5,8-11,13H2,1-3H3. The minimum atomic E-state index is 0.139. The van der Waals surface area contributed by atoms with E-state index in [1.165, 1.54) is 5.56 Å². The van der Waals surface area contributed by atoms with E-state index in [0.717, 1.165) is 44.1 Å². The molecule has 120 valence electrons. The summed E-state index contributed by atoms with van der Waals surface area (Å²) in [6.45, 7) is 6.19. The van der Waals surface area contributed by atoms with Crippen molar-refractivity contribution in [2.24, 2.45) is 0 Å². The first-order valence-electron chi connectivity index (χ1n) is 7.49. The molecule has 0 aliphatic heterocycles. The number of anilines is 1. The molecule has 1 aromatic carbocycles. The van der Waals surface area contributed by atoms with Gasteiger partial charge in [-0.25, -0.2) is 0 Å². The average molecular weight is 296 g/mol. The van der Waals surface area contributed by atoms with E-state index in [1.807, 2.05) is 0 Å². The quantitative estimate of drug-likeness (QED) is 0.608. The lowest BCUT2D eigenvalue weighted by atomic mass is 10.1. The third-order valence-electron chi connectivity index (χ3n) is 3.37. The normalized spacial score (nSPS) is 10.7. The van der Waals surface area contributed by atoms with Gasteiger partial charge in [0, 0.05) is 33.4 Å². The number of methoxy groups -OCH3 is 2. The molecule has 0 saturated carbocycles. The summed E-state index contributed by atoms with van der Waals surface area (Å²) < 4.78 is 10.5. The molecule has 0 heterocycles. The molecule has 5 nitrogen and oxygen atoms in total. The van der Waals surface area contributed by atoms with E-state index in [9.17, 15) is 0 Å². The van der Waals surface area contributed by atoms with Crippen molar-refractivity contribution in [3.63, 3.8) is 0 Å². The van der Waals surface area contributed by atoms with E-state index in [4.69, 9.17) is 14.6 Å². The van der Waals surface area contributed by atoms with Gasteiger partial charge in [0.1, 0.15) is 5.75 Å². The first-order valence-corrected chi connectivity index (χ1v) is 7.49. The number of aliphatic hydroxyl groups excluding tert-OH is 1. The molecular formula is C16H28N2O3. The van der Waals surface area contributed by atoms with E-state index >= 15 is 0 Å². The van der Waals surface area contributed by atoms with Crippen LogP contribution in [-0.2, 0) is 11.3 Å². The first kappa shape index (κ1) is 17.8. The molecule has 0 saturated heterocycles. The zero-order valence-electron chi connectivity index (χ0n) is 13.4. The Hall–Kier alpha value is -1.30. The number of hydrogen-bond acceptors (Lipinski definition) is 5. The molecule has 0 aliphatic carbocycles. The van der Waals surface area contributed by atoms with Crippen molar-refractivity contribution in [3.05, 3.63) is 23.8 Å². The Kier molecular flexibility index (Phi) is 8.82. The minimum absolute atomic E-state index is 0.139. The van der Waals surface area contributed by atoms with Crippen molar-refractivity contribution in [2.45, 2.75) is 19.9 Å². The molecule has 0 fully saturated rings. The third kappa shape index (κ3) is 5.91. The van der Waals surface area contributed by atoms with E-state index in [0.29, 0.717) is 6.54 Å². The van der Waals surface area contributed by atoms with Gasteiger partial charge in [-0.1, -0.05) is 6.07 Å². The van der Waals surface area contributed by atoms with Crippen LogP contribution in [0.2, 0.25) is 0 Å². The van der Waals surface area contributed by atoms with Gasteiger partial charge in [-0.05, 0) is 37.6 Å². The molecule has 0 atom stereocenters. The van der Waals surface area contributed by atoms with Gasteiger partial charge in [0.05, 0.1) is 19.4 Å². The zero-order chi connectivity index (χ0) is 15.5. The number of nitrogens with one attached hydrogen (secondary N) is 1. The van der Waals surface area contributed by atoms with Gasteiger partial charge in [-0.2, -0.15) is 0 Å². The molecule has 2 N–H and O–H groups in total. The van der Waals surface area contributed by atoms with E-state index in [-0.39, 0.29) is 6.61 Å². The fraction of sp³-hybridized carbons (Fsp3) is 0.625. The summed E-state index contributed by atoms with van der Waals surface area (Å²) in [5.74, 6) is 0.849. The number of rotatable bonds is 11. The molecule has 0 unspecified atom stereocenters. The maximum Gasteiger partial charge on any atom is 0.142 e. The Morgan fingerprint density at radius 2 is 2.10 bits per heavy atom. The number of hydrogen-bond donors (Lipinski definition) is 2. The summed E-state index contributed by atoms with van der Waals surface area (Å²) in [5, 5.41) is 12.5. The Balaban J connectivity index is 2.65. The second kappa shape index (κ2) is 10.4. The van der Waals surface area contributed by atoms with Crippen LogP contribution in [0.4, 0.5) is 5.69 Å². The van der Waals surface area contributed by atoms with Crippen LogP contribution >= 0.6 is 0 Å². The van der Waals surface area contributed by atoms with Crippen LogP contribution < -0.4 is 15.0 Å². The maximum absolute atomic E-state index is 9.13. The second-order valence-electron chi connectivity index (χ2n) is 4.83. The monoisotopic (exact) mass is 296 g/mol. The van der Waals surface area contributed by atoms with Crippen LogP contribution in [0.15, 0.2) is 18.2 Å². The molecule has 0 amide bonds. The third-order valence-corrected chi connectivity index (χ3v) is 3.37. The number of likely N-dealkylation sites (N-methyl/N-ethyl adjacent to an activating group) is 1. The molecule has 21 heavy (non-hydrogen) atoms. The lowest BCUT2D eigenvalue weighted by molar-refractivity contribution is 0.194. The smallest absolute Gasteiger partial charge is 0.142 e. The maximum atomic E-state index is 9.13. The van der Waals surface area contributed by atoms with E-state index in [2.05, 4.69) is 35.3 Å². The van der Waals surface area contributed by atoms with Crippen molar-refractivity contribution < 1.29 is 14.6 Å². The highest BCUT2D eigenvalue weighted by atomic mass is 16.5. The molecule has 5 heteroatoms. The van der Waals surface area contributed by atoms with Crippen molar-refractivity contribution in [3.8, 4) is 5.75 Å². The lowest BCUT2D eigenvalue weighted by Gasteiger charge is -2.24. The van der Waals surface area contributed by atoms with Gasteiger partial charge in [-0.15, -0.1) is 0 Å². The Bertz CT molecular complexity index is 399. The van der Waals surface area contributed by atoms with Crippen LogP contribution in [0.25, 0.3) is 0 Å². The molecule has 1 aromatic rings. The molecule has 0 spiro atoms. The van der Waals surface area contributed by atoms with Gasteiger partial charge >= 0.3 is 0 Å². The van der Waals surface area contributed by atoms with Crippen molar-refractivity contribution >= 4 is 5.69 Å². The largest absolute Gasteiger partial charge is 0.495 e. The topological polar surface area (TPSA) is 54.0 Å². The summed E-state index contributed by atoms with van der Waals surface area (Å²) in [6.07, 6.45) is 1.01. The summed E-state index contributed by atoms with van der Waals surface area (Å²) in [4.78, 5) is 2.11. The van der Waals surface area contributed by atoms with Crippen LogP contribution in [0.1, 0.15) is 18.9 Å². The number of benzene rings is 1. The molecule has 1 rings (SSSR count). The van der Waals surface area contributed by atoms with E-state index < -0.39 is 0 Å².